The van der Waals surface area contributed by atoms with Crippen LogP contribution in [0.25, 0.3) is 10.9 Å². The maximum Gasteiger partial charge on any atom is 0.310 e. The summed E-state index contributed by atoms with van der Waals surface area (Å²) in [6.45, 7) is -0.470. The first-order valence-corrected chi connectivity index (χ1v) is 7.13. The molecule has 3 aromatic rings. The van der Waals surface area contributed by atoms with Crippen molar-refractivity contribution in [1.29, 1.82) is 0 Å². The summed E-state index contributed by atoms with van der Waals surface area (Å²) in [6, 6.07) is 13.2. The molecule has 116 valence electrons. The topological polar surface area (TPSA) is 59.2 Å². The van der Waals surface area contributed by atoms with Crippen LogP contribution < -0.4 is 0 Å². The van der Waals surface area contributed by atoms with E-state index in [-0.39, 0.29) is 12.0 Å². The van der Waals surface area contributed by atoms with E-state index in [1.165, 1.54) is 18.2 Å². The fraction of sp³-hybridized carbons (Fsp3) is 0.111. The highest BCUT2D eigenvalue weighted by Crippen LogP contribution is 2.18. The van der Waals surface area contributed by atoms with Gasteiger partial charge in [0.2, 0.25) is 5.78 Å². The van der Waals surface area contributed by atoms with Crippen molar-refractivity contribution in [3.63, 3.8) is 0 Å². The lowest BCUT2D eigenvalue weighted by molar-refractivity contribution is -0.141. The number of nitrogens with one attached hydrogen (secondary N) is 1. The molecule has 0 unspecified atom stereocenters. The van der Waals surface area contributed by atoms with Crippen LogP contribution in [0.1, 0.15) is 15.9 Å². The van der Waals surface area contributed by atoms with Crippen molar-refractivity contribution in [3.8, 4) is 0 Å². The molecule has 0 saturated carbocycles. The molecule has 5 heteroatoms. The zero-order valence-electron chi connectivity index (χ0n) is 12.2. The van der Waals surface area contributed by atoms with Crippen LogP contribution in [0.5, 0.6) is 0 Å². The van der Waals surface area contributed by atoms with E-state index < -0.39 is 24.2 Å². The molecule has 1 heterocycles. The second-order valence-corrected chi connectivity index (χ2v) is 5.10. The Balaban J connectivity index is 1.62. The minimum absolute atomic E-state index is 0.0502. The van der Waals surface area contributed by atoms with Gasteiger partial charge in [0.05, 0.1) is 12.0 Å². The summed E-state index contributed by atoms with van der Waals surface area (Å²) in [6.07, 6.45) is 1.79. The predicted octanol–water partition coefficient (Wildman–Crippen LogP) is 3.28. The number of Topliss-reactive ketones (excluding diaryl/α,β-unsaturated/α-hetero) is 1. The Bertz CT molecular complexity index is 869. The van der Waals surface area contributed by atoms with Gasteiger partial charge in [0.25, 0.3) is 0 Å². The summed E-state index contributed by atoms with van der Waals surface area (Å²) >= 11 is 0. The number of carbonyl (C=O) groups excluding carboxylic acids is 2. The molecule has 0 aliphatic carbocycles. The third-order valence-electron chi connectivity index (χ3n) is 3.55. The molecule has 0 saturated heterocycles. The van der Waals surface area contributed by atoms with E-state index in [0.29, 0.717) is 0 Å². The van der Waals surface area contributed by atoms with Crippen LogP contribution in [-0.2, 0) is 16.0 Å². The molecule has 0 amide bonds. The SMILES string of the molecule is O=C(Cc1c[nH]c2ccccc12)OCC(=O)c1ccccc1F. The molecule has 0 fully saturated rings. The quantitative estimate of drug-likeness (QED) is 0.581. The number of rotatable bonds is 5. The molecular formula is C18H14FNO3. The second-order valence-electron chi connectivity index (χ2n) is 5.10. The van der Waals surface area contributed by atoms with E-state index in [0.717, 1.165) is 16.5 Å². The average Bonchev–Trinajstić information content (AvgIpc) is 2.96. The first-order chi connectivity index (χ1) is 11.1. The number of halogens is 1. The number of esters is 1. The third kappa shape index (κ3) is 3.29. The highest BCUT2D eigenvalue weighted by molar-refractivity contribution is 5.98. The number of ketones is 1. The van der Waals surface area contributed by atoms with E-state index in [4.69, 9.17) is 4.74 Å². The molecule has 23 heavy (non-hydrogen) atoms. The van der Waals surface area contributed by atoms with Gasteiger partial charge in [-0.3, -0.25) is 9.59 Å². The monoisotopic (exact) mass is 311 g/mol. The van der Waals surface area contributed by atoms with E-state index in [2.05, 4.69) is 4.98 Å². The van der Waals surface area contributed by atoms with E-state index in [9.17, 15) is 14.0 Å². The molecule has 4 nitrogen and oxygen atoms in total. The first-order valence-electron chi connectivity index (χ1n) is 7.13. The van der Waals surface area contributed by atoms with Gasteiger partial charge in [-0.25, -0.2) is 4.39 Å². The molecule has 0 aliphatic heterocycles. The Hall–Kier alpha value is -2.95. The molecule has 0 aliphatic rings. The molecule has 1 N–H and O–H groups in total. The van der Waals surface area contributed by atoms with Crippen molar-refractivity contribution in [2.45, 2.75) is 6.42 Å². The second kappa shape index (κ2) is 6.44. The van der Waals surface area contributed by atoms with Crippen molar-refractivity contribution in [3.05, 3.63) is 71.7 Å². The molecular weight excluding hydrogens is 297 g/mol. The number of H-pyrrole nitrogens is 1. The van der Waals surface area contributed by atoms with Gasteiger partial charge in [-0.15, -0.1) is 0 Å². The maximum absolute atomic E-state index is 13.5. The minimum Gasteiger partial charge on any atom is -0.457 e. The molecule has 0 spiro atoms. The van der Waals surface area contributed by atoms with Crippen LogP contribution in [-0.4, -0.2) is 23.3 Å². The summed E-state index contributed by atoms with van der Waals surface area (Å²) in [7, 11) is 0. The van der Waals surface area contributed by atoms with E-state index in [1.807, 2.05) is 24.3 Å². The molecule has 0 atom stereocenters. The number of hydrogen-bond acceptors (Lipinski definition) is 3. The summed E-state index contributed by atoms with van der Waals surface area (Å²) in [5, 5.41) is 0.935. The van der Waals surface area contributed by atoms with Crippen LogP contribution in [0.3, 0.4) is 0 Å². The number of para-hydroxylation sites is 1. The smallest absolute Gasteiger partial charge is 0.310 e. The zero-order chi connectivity index (χ0) is 16.2. The van der Waals surface area contributed by atoms with Gasteiger partial charge in [0, 0.05) is 17.1 Å². The Kier molecular flexibility index (Phi) is 4.19. The molecule has 3 rings (SSSR count). The zero-order valence-corrected chi connectivity index (χ0v) is 12.2. The van der Waals surface area contributed by atoms with E-state index in [1.54, 1.807) is 12.3 Å². The van der Waals surface area contributed by atoms with Crippen LogP contribution in [0, 0.1) is 5.82 Å². The fourth-order valence-electron chi connectivity index (χ4n) is 2.40. The van der Waals surface area contributed by atoms with Gasteiger partial charge in [0.15, 0.2) is 6.61 Å². The molecule has 1 aromatic heterocycles. The van der Waals surface area contributed by atoms with Crippen LogP contribution >= 0.6 is 0 Å². The molecule has 0 bridgehead atoms. The van der Waals surface area contributed by atoms with Crippen LogP contribution in [0.4, 0.5) is 4.39 Å². The van der Waals surface area contributed by atoms with Crippen molar-refractivity contribution in [1.82, 2.24) is 4.98 Å². The van der Waals surface area contributed by atoms with Crippen molar-refractivity contribution in [2.75, 3.05) is 6.61 Å². The van der Waals surface area contributed by atoms with Gasteiger partial charge in [-0.1, -0.05) is 30.3 Å². The lowest BCUT2D eigenvalue weighted by Gasteiger charge is -2.05. The number of ether oxygens (including phenoxy) is 1. The van der Waals surface area contributed by atoms with Crippen molar-refractivity contribution < 1.29 is 18.7 Å². The predicted molar refractivity (Wildman–Crippen MR) is 83.7 cm³/mol. The van der Waals surface area contributed by atoms with E-state index >= 15 is 0 Å². The average molecular weight is 311 g/mol. The Labute approximate surface area is 131 Å². The standard InChI is InChI=1S/C18H14FNO3/c19-15-7-3-1-6-14(15)17(21)11-23-18(22)9-12-10-20-16-8-4-2-5-13(12)16/h1-8,10,20H,9,11H2. The van der Waals surface area contributed by atoms with Crippen LogP contribution in [0.15, 0.2) is 54.7 Å². The number of aromatic nitrogens is 1. The Morgan fingerprint density at radius 1 is 1.04 bits per heavy atom. The summed E-state index contributed by atoms with van der Waals surface area (Å²) in [5.41, 5.74) is 1.65. The number of benzene rings is 2. The van der Waals surface area contributed by atoms with Gasteiger partial charge in [-0.05, 0) is 23.8 Å². The van der Waals surface area contributed by atoms with Gasteiger partial charge in [0.1, 0.15) is 5.82 Å². The molecule has 2 aromatic carbocycles. The Morgan fingerprint density at radius 3 is 2.61 bits per heavy atom. The van der Waals surface area contributed by atoms with Gasteiger partial charge >= 0.3 is 5.97 Å². The third-order valence-corrected chi connectivity index (χ3v) is 3.55. The number of fused-ring (bicyclic) bond motifs is 1. The number of aromatic amines is 1. The van der Waals surface area contributed by atoms with Crippen molar-refractivity contribution in [2.24, 2.45) is 0 Å². The summed E-state index contributed by atoms with van der Waals surface area (Å²) < 4.78 is 18.4. The minimum atomic E-state index is -0.620. The lowest BCUT2D eigenvalue weighted by Crippen LogP contribution is -2.16. The summed E-state index contributed by atoms with van der Waals surface area (Å²) in [5.74, 6) is -1.71. The highest BCUT2D eigenvalue weighted by atomic mass is 19.1. The van der Waals surface area contributed by atoms with Crippen molar-refractivity contribution >= 4 is 22.7 Å². The maximum atomic E-state index is 13.5. The number of hydrogen-bond donors (Lipinski definition) is 1. The lowest BCUT2D eigenvalue weighted by atomic mass is 10.1. The molecule has 0 radical (unpaired) electrons. The normalized spacial score (nSPS) is 10.7. The fourth-order valence-corrected chi connectivity index (χ4v) is 2.40. The van der Waals surface area contributed by atoms with Gasteiger partial charge in [-0.2, -0.15) is 0 Å². The number of carbonyl (C=O) groups is 2. The highest BCUT2D eigenvalue weighted by Gasteiger charge is 2.15. The largest absolute Gasteiger partial charge is 0.457 e. The van der Waals surface area contributed by atoms with Crippen LogP contribution in [0.2, 0.25) is 0 Å². The first kappa shape index (κ1) is 15.0. The summed E-state index contributed by atoms with van der Waals surface area (Å²) in [4.78, 5) is 26.8. The Morgan fingerprint density at radius 2 is 1.78 bits per heavy atom. The van der Waals surface area contributed by atoms with Gasteiger partial charge < -0.3 is 9.72 Å².